The van der Waals surface area contributed by atoms with E-state index in [0.717, 1.165) is 25.9 Å². The maximum Gasteiger partial charge on any atom is 0.150 e. The summed E-state index contributed by atoms with van der Waals surface area (Å²) in [7, 11) is -2.92. The summed E-state index contributed by atoms with van der Waals surface area (Å²) in [5.41, 5.74) is 0. The number of alkyl halides is 1. The lowest BCUT2D eigenvalue weighted by molar-refractivity contribution is 0.176. The number of sulfone groups is 1. The molecule has 16 heavy (non-hydrogen) atoms. The molecule has 0 amide bonds. The molecule has 1 saturated heterocycles. The molecule has 0 spiro atoms. The van der Waals surface area contributed by atoms with Crippen LogP contribution in [0, 0.1) is 5.92 Å². The van der Waals surface area contributed by atoms with Gasteiger partial charge in [-0.2, -0.15) is 0 Å². The first kappa shape index (κ1) is 13.9. The quantitative estimate of drug-likeness (QED) is 0.779. The molecule has 0 aromatic carbocycles. The first-order valence-electron chi connectivity index (χ1n) is 6.10. The Kier molecular flexibility index (Phi) is 5.69. The fraction of sp³-hybridized carbons (Fsp3) is 1.00. The van der Waals surface area contributed by atoms with Gasteiger partial charge in [0.2, 0.25) is 0 Å². The summed E-state index contributed by atoms with van der Waals surface area (Å²) in [4.78, 5) is 0. The van der Waals surface area contributed by atoms with Gasteiger partial charge in [-0.1, -0.05) is 6.92 Å². The zero-order valence-electron chi connectivity index (χ0n) is 9.91. The van der Waals surface area contributed by atoms with Crippen molar-refractivity contribution in [3.8, 4) is 0 Å². The van der Waals surface area contributed by atoms with Gasteiger partial charge in [-0.15, -0.1) is 0 Å². The Labute approximate surface area is 97.7 Å². The lowest BCUT2D eigenvalue weighted by Crippen LogP contribution is -2.32. The average molecular weight is 251 g/mol. The van der Waals surface area contributed by atoms with E-state index >= 15 is 0 Å². The molecule has 1 unspecified atom stereocenters. The molecule has 96 valence electrons. The van der Waals surface area contributed by atoms with Gasteiger partial charge >= 0.3 is 0 Å². The first-order chi connectivity index (χ1) is 7.55. The Morgan fingerprint density at radius 3 is 2.56 bits per heavy atom. The third-order valence-corrected chi connectivity index (χ3v) is 5.06. The predicted octanol–water partition coefficient (Wildman–Crippen LogP) is 1.54. The van der Waals surface area contributed by atoms with Crippen molar-refractivity contribution in [2.45, 2.75) is 38.8 Å². The molecule has 0 aromatic heterocycles. The number of piperidine rings is 1. The monoisotopic (exact) mass is 251 g/mol. The van der Waals surface area contributed by atoms with Crippen LogP contribution in [0.5, 0.6) is 0 Å². The molecule has 1 aliphatic rings. The summed E-state index contributed by atoms with van der Waals surface area (Å²) < 4.78 is 36.2. The highest BCUT2D eigenvalue weighted by atomic mass is 32.2. The number of hydrogen-bond donors (Lipinski definition) is 1. The van der Waals surface area contributed by atoms with Crippen LogP contribution in [0.15, 0.2) is 0 Å². The molecule has 0 saturated carbocycles. The molecule has 1 fully saturated rings. The van der Waals surface area contributed by atoms with E-state index in [-0.39, 0.29) is 17.4 Å². The van der Waals surface area contributed by atoms with Crippen molar-refractivity contribution >= 4 is 9.84 Å². The second kappa shape index (κ2) is 6.55. The van der Waals surface area contributed by atoms with E-state index in [0.29, 0.717) is 12.8 Å². The molecule has 0 aromatic rings. The first-order valence-corrected chi connectivity index (χ1v) is 7.92. The minimum Gasteiger partial charge on any atom is -0.317 e. The van der Waals surface area contributed by atoms with Crippen molar-refractivity contribution in [2.75, 3.05) is 24.6 Å². The number of halogens is 1. The smallest absolute Gasteiger partial charge is 0.150 e. The standard InChI is InChI=1S/C11H22FNO2S/c1-2-16(14,15)9-3-4-11(12)10-5-7-13-8-6-10/h10-11,13H,2-9H2,1H3. The minimum absolute atomic E-state index is 0.130. The van der Waals surface area contributed by atoms with Crippen LogP contribution in [-0.4, -0.2) is 39.2 Å². The summed E-state index contributed by atoms with van der Waals surface area (Å²) in [5, 5.41) is 3.20. The molecule has 1 rings (SSSR count). The second-order valence-electron chi connectivity index (χ2n) is 4.48. The van der Waals surface area contributed by atoms with E-state index in [9.17, 15) is 12.8 Å². The summed E-state index contributed by atoms with van der Waals surface area (Å²) >= 11 is 0. The number of nitrogens with one attached hydrogen (secondary N) is 1. The Hall–Kier alpha value is -0.160. The molecular weight excluding hydrogens is 229 g/mol. The van der Waals surface area contributed by atoms with Gasteiger partial charge in [0.1, 0.15) is 16.0 Å². The lowest BCUT2D eigenvalue weighted by atomic mass is 9.91. The van der Waals surface area contributed by atoms with E-state index < -0.39 is 16.0 Å². The fourth-order valence-electron chi connectivity index (χ4n) is 2.08. The molecule has 1 aliphatic heterocycles. The highest BCUT2D eigenvalue weighted by Crippen LogP contribution is 2.22. The van der Waals surface area contributed by atoms with Gasteiger partial charge in [0.15, 0.2) is 0 Å². The summed E-state index contributed by atoms with van der Waals surface area (Å²) in [6.07, 6.45) is 1.78. The molecule has 0 bridgehead atoms. The summed E-state index contributed by atoms with van der Waals surface area (Å²) in [6.45, 7) is 3.41. The van der Waals surface area contributed by atoms with Crippen molar-refractivity contribution in [3.05, 3.63) is 0 Å². The summed E-state index contributed by atoms with van der Waals surface area (Å²) in [6, 6.07) is 0. The molecule has 1 N–H and O–H groups in total. The van der Waals surface area contributed by atoms with E-state index in [4.69, 9.17) is 0 Å². The van der Waals surface area contributed by atoms with Gasteiger partial charge in [0.25, 0.3) is 0 Å². The van der Waals surface area contributed by atoms with E-state index in [1.54, 1.807) is 6.92 Å². The summed E-state index contributed by atoms with van der Waals surface area (Å²) in [5.74, 6) is 0.428. The van der Waals surface area contributed by atoms with Crippen molar-refractivity contribution < 1.29 is 12.8 Å². The Morgan fingerprint density at radius 2 is 2.00 bits per heavy atom. The van der Waals surface area contributed by atoms with E-state index in [1.807, 2.05) is 0 Å². The van der Waals surface area contributed by atoms with Gasteiger partial charge < -0.3 is 5.32 Å². The van der Waals surface area contributed by atoms with Crippen LogP contribution >= 0.6 is 0 Å². The van der Waals surface area contributed by atoms with Crippen molar-refractivity contribution in [1.29, 1.82) is 0 Å². The lowest BCUT2D eigenvalue weighted by Gasteiger charge is -2.25. The number of hydrogen-bond acceptors (Lipinski definition) is 3. The van der Waals surface area contributed by atoms with Crippen LogP contribution in [0.3, 0.4) is 0 Å². The third kappa shape index (κ3) is 4.78. The van der Waals surface area contributed by atoms with E-state index in [1.165, 1.54) is 0 Å². The molecule has 5 heteroatoms. The molecule has 1 heterocycles. The average Bonchev–Trinajstić information content (AvgIpc) is 2.30. The molecule has 3 nitrogen and oxygen atoms in total. The van der Waals surface area contributed by atoms with Crippen molar-refractivity contribution in [1.82, 2.24) is 5.32 Å². The molecule has 0 aliphatic carbocycles. The molecular formula is C11H22FNO2S. The van der Waals surface area contributed by atoms with Gasteiger partial charge in [0, 0.05) is 5.75 Å². The van der Waals surface area contributed by atoms with Crippen LogP contribution in [0.4, 0.5) is 4.39 Å². The van der Waals surface area contributed by atoms with Crippen LogP contribution < -0.4 is 5.32 Å². The predicted molar refractivity (Wildman–Crippen MR) is 64.1 cm³/mol. The van der Waals surface area contributed by atoms with Crippen molar-refractivity contribution in [3.63, 3.8) is 0 Å². The maximum atomic E-state index is 13.7. The maximum absolute atomic E-state index is 13.7. The second-order valence-corrected chi connectivity index (χ2v) is 6.95. The van der Waals surface area contributed by atoms with Crippen LogP contribution in [-0.2, 0) is 9.84 Å². The van der Waals surface area contributed by atoms with Crippen LogP contribution in [0.25, 0.3) is 0 Å². The van der Waals surface area contributed by atoms with E-state index in [2.05, 4.69) is 5.32 Å². The topological polar surface area (TPSA) is 46.2 Å². The Balaban J connectivity index is 2.21. The highest BCUT2D eigenvalue weighted by Gasteiger charge is 2.23. The molecule has 1 atom stereocenters. The van der Waals surface area contributed by atoms with Crippen LogP contribution in [0.1, 0.15) is 32.6 Å². The largest absolute Gasteiger partial charge is 0.317 e. The van der Waals surface area contributed by atoms with Gasteiger partial charge in [-0.25, -0.2) is 12.8 Å². The Morgan fingerprint density at radius 1 is 1.38 bits per heavy atom. The van der Waals surface area contributed by atoms with Gasteiger partial charge in [0.05, 0.1) is 5.75 Å². The zero-order chi connectivity index (χ0) is 12.0. The molecule has 0 radical (unpaired) electrons. The zero-order valence-corrected chi connectivity index (χ0v) is 10.7. The van der Waals surface area contributed by atoms with Crippen LogP contribution in [0.2, 0.25) is 0 Å². The van der Waals surface area contributed by atoms with Gasteiger partial charge in [-0.05, 0) is 44.7 Å². The minimum atomic E-state index is -2.92. The van der Waals surface area contributed by atoms with Crippen molar-refractivity contribution in [2.24, 2.45) is 5.92 Å². The van der Waals surface area contributed by atoms with Gasteiger partial charge in [-0.3, -0.25) is 0 Å². The fourth-order valence-corrected chi connectivity index (χ4v) is 2.98. The highest BCUT2D eigenvalue weighted by molar-refractivity contribution is 7.91. The number of rotatable bonds is 6. The third-order valence-electron chi connectivity index (χ3n) is 3.27. The Bertz CT molecular complexity index is 286. The normalized spacial score (nSPS) is 20.9. The SMILES string of the molecule is CCS(=O)(=O)CCCC(F)C1CCNCC1.